The Morgan fingerprint density at radius 1 is 1.42 bits per heavy atom. The number of hydrogen-bond acceptors (Lipinski definition) is 4. The van der Waals surface area contributed by atoms with E-state index < -0.39 is 12.0 Å². The van der Waals surface area contributed by atoms with Gasteiger partial charge in [0, 0.05) is 5.56 Å². The molecule has 0 fully saturated rings. The van der Waals surface area contributed by atoms with Crippen LogP contribution in [0.15, 0.2) is 24.3 Å². The Labute approximate surface area is 111 Å². The van der Waals surface area contributed by atoms with Crippen molar-refractivity contribution < 1.29 is 19.1 Å². The number of hydrogen-bond donors (Lipinski definition) is 1. The third-order valence-corrected chi connectivity index (χ3v) is 3.19. The van der Waals surface area contributed by atoms with Crippen molar-refractivity contribution in [3.63, 3.8) is 0 Å². The Morgan fingerprint density at radius 3 is 2.89 bits per heavy atom. The number of para-hydroxylation sites is 1. The van der Waals surface area contributed by atoms with E-state index in [-0.39, 0.29) is 11.8 Å². The van der Waals surface area contributed by atoms with E-state index in [2.05, 4.69) is 10.1 Å². The van der Waals surface area contributed by atoms with E-state index in [1.165, 1.54) is 7.11 Å². The van der Waals surface area contributed by atoms with E-state index in [1.807, 2.05) is 24.3 Å². The summed E-state index contributed by atoms with van der Waals surface area (Å²) in [6.07, 6.45) is 0.608. The zero-order chi connectivity index (χ0) is 13.8. The van der Waals surface area contributed by atoms with E-state index >= 15 is 0 Å². The molecular weight excluding hydrogens is 246 g/mol. The average Bonchev–Trinajstić information content (AvgIpc) is 2.45. The minimum Gasteiger partial charge on any atom is -0.493 e. The van der Waals surface area contributed by atoms with Crippen LogP contribution < -0.4 is 10.1 Å². The molecule has 0 bridgehead atoms. The molecule has 5 nitrogen and oxygen atoms in total. The van der Waals surface area contributed by atoms with Gasteiger partial charge in [0.25, 0.3) is 0 Å². The summed E-state index contributed by atoms with van der Waals surface area (Å²) in [7, 11) is 1.30. The van der Waals surface area contributed by atoms with Gasteiger partial charge in [-0.3, -0.25) is 4.79 Å². The molecule has 2 atom stereocenters. The molecule has 1 heterocycles. The number of methoxy groups -OCH3 is 1. The molecule has 1 aliphatic rings. The zero-order valence-corrected chi connectivity index (χ0v) is 11.0. The molecule has 0 aliphatic carbocycles. The standard InChI is InChI=1S/C14H17NO4/c1-9(14(17)18-2)15-13(16)11-7-8-19-12-6-4-3-5-10(11)12/h3-6,9,11H,7-8H2,1-2H3,(H,15,16)/t9-,11?/m0/s1. The normalized spacial score (nSPS) is 18.7. The lowest BCUT2D eigenvalue weighted by Crippen LogP contribution is -2.42. The van der Waals surface area contributed by atoms with Crippen molar-refractivity contribution in [1.29, 1.82) is 0 Å². The number of carbonyl (C=O) groups excluding carboxylic acids is 2. The summed E-state index contributed by atoms with van der Waals surface area (Å²) in [4.78, 5) is 23.5. The molecule has 2 rings (SSSR count). The lowest BCUT2D eigenvalue weighted by atomic mass is 9.92. The van der Waals surface area contributed by atoms with Gasteiger partial charge in [-0.15, -0.1) is 0 Å². The van der Waals surface area contributed by atoms with E-state index in [0.717, 1.165) is 11.3 Å². The van der Waals surface area contributed by atoms with Gasteiger partial charge >= 0.3 is 5.97 Å². The molecule has 0 radical (unpaired) electrons. The molecule has 1 unspecified atom stereocenters. The first-order chi connectivity index (χ1) is 9.13. The van der Waals surface area contributed by atoms with Gasteiger partial charge in [-0.05, 0) is 19.4 Å². The maximum atomic E-state index is 12.2. The average molecular weight is 263 g/mol. The SMILES string of the molecule is COC(=O)[C@H](C)NC(=O)C1CCOc2ccccc21. The highest BCUT2D eigenvalue weighted by atomic mass is 16.5. The maximum Gasteiger partial charge on any atom is 0.328 e. The minimum absolute atomic E-state index is 0.173. The molecule has 1 amide bonds. The lowest BCUT2D eigenvalue weighted by molar-refractivity contribution is -0.144. The van der Waals surface area contributed by atoms with Gasteiger partial charge in [-0.1, -0.05) is 18.2 Å². The smallest absolute Gasteiger partial charge is 0.328 e. The Morgan fingerprint density at radius 2 is 2.16 bits per heavy atom. The second-order valence-corrected chi connectivity index (χ2v) is 4.48. The summed E-state index contributed by atoms with van der Waals surface area (Å²) in [5, 5.41) is 2.67. The Hall–Kier alpha value is -2.04. The van der Waals surface area contributed by atoms with Gasteiger partial charge < -0.3 is 14.8 Å². The van der Waals surface area contributed by atoms with Gasteiger partial charge in [0.1, 0.15) is 11.8 Å². The van der Waals surface area contributed by atoms with Crippen molar-refractivity contribution in [2.24, 2.45) is 0 Å². The van der Waals surface area contributed by atoms with E-state index in [4.69, 9.17) is 4.74 Å². The molecular formula is C14H17NO4. The van der Waals surface area contributed by atoms with Crippen LogP contribution in [0.3, 0.4) is 0 Å². The monoisotopic (exact) mass is 263 g/mol. The quantitative estimate of drug-likeness (QED) is 0.833. The molecule has 5 heteroatoms. The largest absolute Gasteiger partial charge is 0.493 e. The van der Waals surface area contributed by atoms with Gasteiger partial charge in [0.2, 0.25) is 5.91 Å². The number of amides is 1. The fraction of sp³-hybridized carbons (Fsp3) is 0.429. The lowest BCUT2D eigenvalue weighted by Gasteiger charge is -2.25. The summed E-state index contributed by atoms with van der Waals surface area (Å²) in [6.45, 7) is 2.11. The zero-order valence-electron chi connectivity index (χ0n) is 11.0. The first-order valence-corrected chi connectivity index (χ1v) is 6.23. The van der Waals surface area contributed by atoms with Crippen molar-refractivity contribution in [2.45, 2.75) is 25.3 Å². The fourth-order valence-electron chi connectivity index (χ4n) is 2.16. The van der Waals surface area contributed by atoms with E-state index in [9.17, 15) is 9.59 Å². The van der Waals surface area contributed by atoms with Crippen molar-refractivity contribution in [2.75, 3.05) is 13.7 Å². The Bertz CT molecular complexity index is 486. The first kappa shape index (κ1) is 13.4. The molecule has 0 saturated heterocycles. The first-order valence-electron chi connectivity index (χ1n) is 6.23. The van der Waals surface area contributed by atoms with Crippen LogP contribution >= 0.6 is 0 Å². The fourth-order valence-corrected chi connectivity index (χ4v) is 2.16. The number of benzene rings is 1. The molecule has 19 heavy (non-hydrogen) atoms. The third-order valence-electron chi connectivity index (χ3n) is 3.19. The summed E-state index contributed by atoms with van der Waals surface area (Å²) in [5.74, 6) is -0.168. The molecule has 1 N–H and O–H groups in total. The molecule has 1 aromatic carbocycles. The number of ether oxygens (including phenoxy) is 2. The van der Waals surface area contributed by atoms with Gasteiger partial charge in [0.05, 0.1) is 19.6 Å². The summed E-state index contributed by atoms with van der Waals surface area (Å²) in [5.41, 5.74) is 0.864. The van der Waals surface area contributed by atoms with E-state index in [1.54, 1.807) is 6.92 Å². The van der Waals surface area contributed by atoms with Crippen molar-refractivity contribution >= 4 is 11.9 Å². The Balaban J connectivity index is 2.11. The van der Waals surface area contributed by atoms with Crippen LogP contribution in [0.2, 0.25) is 0 Å². The van der Waals surface area contributed by atoms with Crippen LogP contribution in [0.25, 0.3) is 0 Å². The summed E-state index contributed by atoms with van der Waals surface area (Å²) < 4.78 is 10.1. The van der Waals surface area contributed by atoms with Crippen molar-refractivity contribution in [3.05, 3.63) is 29.8 Å². The highest BCUT2D eigenvalue weighted by molar-refractivity contribution is 5.89. The van der Waals surface area contributed by atoms with Crippen molar-refractivity contribution in [1.82, 2.24) is 5.32 Å². The number of esters is 1. The minimum atomic E-state index is -0.646. The van der Waals surface area contributed by atoms with Crippen LogP contribution in [0.5, 0.6) is 5.75 Å². The van der Waals surface area contributed by atoms with Crippen molar-refractivity contribution in [3.8, 4) is 5.75 Å². The van der Waals surface area contributed by atoms with E-state index in [0.29, 0.717) is 13.0 Å². The highest BCUT2D eigenvalue weighted by Crippen LogP contribution is 2.33. The summed E-state index contributed by atoms with van der Waals surface area (Å²) in [6, 6.07) is 6.82. The topological polar surface area (TPSA) is 64.6 Å². The summed E-state index contributed by atoms with van der Waals surface area (Å²) >= 11 is 0. The molecule has 102 valence electrons. The number of carbonyl (C=O) groups is 2. The number of fused-ring (bicyclic) bond motifs is 1. The van der Waals surface area contributed by atoms with Crippen LogP contribution in [0.4, 0.5) is 0 Å². The number of rotatable bonds is 3. The maximum absolute atomic E-state index is 12.2. The highest BCUT2D eigenvalue weighted by Gasteiger charge is 2.29. The van der Waals surface area contributed by atoms with Crippen LogP contribution in [0, 0.1) is 0 Å². The third kappa shape index (κ3) is 2.86. The molecule has 0 aromatic heterocycles. The predicted molar refractivity (Wildman–Crippen MR) is 68.9 cm³/mol. The second kappa shape index (κ2) is 5.73. The van der Waals surface area contributed by atoms with Crippen LogP contribution in [-0.2, 0) is 14.3 Å². The predicted octanol–water partition coefficient (Wildman–Crippen LogP) is 1.23. The van der Waals surface area contributed by atoms with Gasteiger partial charge in [0.15, 0.2) is 0 Å². The molecule has 1 aromatic rings. The second-order valence-electron chi connectivity index (χ2n) is 4.48. The molecule has 0 spiro atoms. The van der Waals surface area contributed by atoms with Gasteiger partial charge in [-0.25, -0.2) is 4.79 Å². The Kier molecular flexibility index (Phi) is 4.04. The van der Waals surface area contributed by atoms with Gasteiger partial charge in [-0.2, -0.15) is 0 Å². The van der Waals surface area contributed by atoms with Crippen LogP contribution in [0.1, 0.15) is 24.8 Å². The molecule has 1 aliphatic heterocycles. The van der Waals surface area contributed by atoms with Crippen LogP contribution in [-0.4, -0.2) is 31.6 Å². The number of nitrogens with one attached hydrogen (secondary N) is 1. The molecule has 0 saturated carbocycles.